The molecule has 112 valence electrons. The Kier molecular flexibility index (Phi) is 3.12. The molecule has 0 radical (unpaired) electrons. The van der Waals surface area contributed by atoms with E-state index in [0.717, 1.165) is 28.5 Å². The summed E-state index contributed by atoms with van der Waals surface area (Å²) in [6, 6.07) is 14.5. The van der Waals surface area contributed by atoms with E-state index in [9.17, 15) is 0 Å². The van der Waals surface area contributed by atoms with Crippen LogP contribution in [-0.4, -0.2) is 16.9 Å². The summed E-state index contributed by atoms with van der Waals surface area (Å²) in [4.78, 5) is 0. The van der Waals surface area contributed by atoms with E-state index in [2.05, 4.69) is 31.2 Å². The van der Waals surface area contributed by atoms with E-state index >= 15 is 0 Å². The van der Waals surface area contributed by atoms with Gasteiger partial charge in [0, 0.05) is 17.0 Å². The van der Waals surface area contributed by atoms with Gasteiger partial charge in [-0.1, -0.05) is 41.4 Å². The Balaban J connectivity index is 1.72. The normalized spacial score (nSPS) is 22.7. The van der Waals surface area contributed by atoms with Gasteiger partial charge in [0.15, 0.2) is 6.23 Å². The lowest BCUT2D eigenvalue weighted by Crippen LogP contribution is -2.37. The number of hydrazone groups is 1. The molecular weight excluding hydrogens is 296 g/mol. The number of benzene rings is 2. The molecule has 0 aliphatic carbocycles. The molecule has 0 saturated carbocycles. The molecule has 0 bridgehead atoms. The highest BCUT2D eigenvalue weighted by Gasteiger charge is 2.38. The third-order valence-corrected chi connectivity index (χ3v) is 4.56. The molecule has 2 aliphatic heterocycles. The number of hydrogen-bond donors (Lipinski definition) is 0. The molecule has 2 aliphatic rings. The molecule has 0 amide bonds. The fourth-order valence-corrected chi connectivity index (χ4v) is 3.34. The van der Waals surface area contributed by atoms with Crippen LogP contribution in [0.5, 0.6) is 5.75 Å². The lowest BCUT2D eigenvalue weighted by molar-refractivity contribution is -0.00334. The Bertz CT molecular complexity index is 754. The molecule has 4 rings (SSSR count). The van der Waals surface area contributed by atoms with Crippen molar-refractivity contribution >= 4 is 17.3 Å². The first-order valence-corrected chi connectivity index (χ1v) is 7.88. The maximum atomic E-state index is 6.16. The van der Waals surface area contributed by atoms with Crippen LogP contribution >= 0.6 is 11.6 Å². The van der Waals surface area contributed by atoms with Gasteiger partial charge in [0.1, 0.15) is 5.75 Å². The van der Waals surface area contributed by atoms with Gasteiger partial charge in [-0.05, 0) is 37.6 Å². The first kappa shape index (κ1) is 13.6. The Morgan fingerprint density at radius 3 is 2.73 bits per heavy atom. The first-order valence-electron chi connectivity index (χ1n) is 7.51. The van der Waals surface area contributed by atoms with Crippen LogP contribution in [0.4, 0.5) is 0 Å². The van der Waals surface area contributed by atoms with Crippen molar-refractivity contribution in [2.45, 2.75) is 32.5 Å². The molecule has 2 aromatic carbocycles. The van der Waals surface area contributed by atoms with Crippen molar-refractivity contribution in [3.8, 4) is 5.75 Å². The summed E-state index contributed by atoms with van der Waals surface area (Å²) >= 11 is 6.16. The smallest absolute Gasteiger partial charge is 0.185 e. The Morgan fingerprint density at radius 1 is 1.18 bits per heavy atom. The summed E-state index contributed by atoms with van der Waals surface area (Å²) < 4.78 is 5.96. The minimum atomic E-state index is -0.0679. The van der Waals surface area contributed by atoms with Gasteiger partial charge in [-0.3, -0.25) is 5.01 Å². The summed E-state index contributed by atoms with van der Waals surface area (Å²) in [5.74, 6) is 0.915. The van der Waals surface area contributed by atoms with Crippen molar-refractivity contribution in [2.24, 2.45) is 5.10 Å². The summed E-state index contributed by atoms with van der Waals surface area (Å²) in [6.07, 6.45) is 0.811. The number of halogens is 1. The number of aryl methyl sites for hydroxylation is 1. The van der Waals surface area contributed by atoms with Crippen LogP contribution in [0.2, 0.25) is 5.02 Å². The molecule has 2 atom stereocenters. The largest absolute Gasteiger partial charge is 0.469 e. The molecule has 0 saturated heterocycles. The van der Waals surface area contributed by atoms with E-state index in [1.54, 1.807) is 0 Å². The van der Waals surface area contributed by atoms with Crippen molar-refractivity contribution in [1.82, 2.24) is 5.01 Å². The second kappa shape index (κ2) is 5.03. The lowest BCUT2D eigenvalue weighted by atomic mass is 9.96. The Labute approximate surface area is 135 Å². The maximum Gasteiger partial charge on any atom is 0.185 e. The van der Waals surface area contributed by atoms with Crippen LogP contribution in [0.25, 0.3) is 0 Å². The molecule has 0 fully saturated rings. The third-order valence-electron chi connectivity index (χ3n) is 4.33. The standard InChI is InChI=1S/C18H17ClN2O/c1-11-3-5-13(6-4-11)16-10-17-15-9-14(19)7-8-18(15)22-12(2)21(17)20-16/h3-9,12,17H,10H2,1-2H3/t12-,17-/m1/s1. The van der Waals surface area contributed by atoms with E-state index in [1.165, 1.54) is 11.1 Å². The minimum absolute atomic E-state index is 0.0679. The third kappa shape index (κ3) is 2.17. The molecule has 0 spiro atoms. The second-order valence-electron chi connectivity index (χ2n) is 5.91. The highest BCUT2D eigenvalue weighted by molar-refractivity contribution is 6.30. The molecule has 3 nitrogen and oxygen atoms in total. The minimum Gasteiger partial charge on any atom is -0.469 e. The number of ether oxygens (including phenoxy) is 1. The van der Waals surface area contributed by atoms with Gasteiger partial charge >= 0.3 is 0 Å². The Hall–Kier alpha value is -2.00. The number of nitrogens with zero attached hydrogens (tertiary/aromatic N) is 2. The van der Waals surface area contributed by atoms with Gasteiger partial charge in [-0.2, -0.15) is 5.10 Å². The zero-order chi connectivity index (χ0) is 15.3. The zero-order valence-electron chi connectivity index (χ0n) is 12.6. The number of rotatable bonds is 1. The van der Waals surface area contributed by atoms with Crippen LogP contribution in [0.1, 0.15) is 36.1 Å². The predicted octanol–water partition coefficient (Wildman–Crippen LogP) is 4.54. The van der Waals surface area contributed by atoms with Crippen molar-refractivity contribution in [3.05, 3.63) is 64.2 Å². The van der Waals surface area contributed by atoms with Crippen LogP contribution < -0.4 is 4.74 Å². The van der Waals surface area contributed by atoms with E-state index < -0.39 is 0 Å². The molecule has 4 heteroatoms. The van der Waals surface area contributed by atoms with E-state index in [4.69, 9.17) is 21.4 Å². The number of fused-ring (bicyclic) bond motifs is 3. The Morgan fingerprint density at radius 2 is 1.95 bits per heavy atom. The van der Waals surface area contributed by atoms with E-state index in [-0.39, 0.29) is 12.3 Å². The molecule has 0 aromatic heterocycles. The van der Waals surface area contributed by atoms with Crippen molar-refractivity contribution in [2.75, 3.05) is 0 Å². The lowest BCUT2D eigenvalue weighted by Gasteiger charge is -2.36. The second-order valence-corrected chi connectivity index (χ2v) is 6.35. The van der Waals surface area contributed by atoms with Gasteiger partial charge in [0.25, 0.3) is 0 Å². The van der Waals surface area contributed by atoms with Gasteiger partial charge < -0.3 is 4.74 Å². The van der Waals surface area contributed by atoms with Crippen LogP contribution in [-0.2, 0) is 0 Å². The SMILES string of the molecule is Cc1ccc(C2=NN3[C@H](C2)c2cc(Cl)ccc2O[C@@H]3C)cc1. The molecule has 2 aromatic rings. The highest BCUT2D eigenvalue weighted by atomic mass is 35.5. The van der Waals surface area contributed by atoms with Crippen molar-refractivity contribution in [1.29, 1.82) is 0 Å². The highest BCUT2D eigenvalue weighted by Crippen LogP contribution is 2.43. The summed E-state index contributed by atoms with van der Waals surface area (Å²) in [5, 5.41) is 7.59. The van der Waals surface area contributed by atoms with Crippen molar-refractivity contribution in [3.63, 3.8) is 0 Å². The van der Waals surface area contributed by atoms with E-state index in [1.807, 2.05) is 30.1 Å². The monoisotopic (exact) mass is 312 g/mol. The van der Waals surface area contributed by atoms with Crippen LogP contribution in [0.3, 0.4) is 0 Å². The van der Waals surface area contributed by atoms with Crippen molar-refractivity contribution < 1.29 is 4.74 Å². The van der Waals surface area contributed by atoms with Crippen LogP contribution in [0.15, 0.2) is 47.6 Å². The average Bonchev–Trinajstić information content (AvgIpc) is 2.95. The molecule has 0 unspecified atom stereocenters. The molecular formula is C18H17ClN2O. The zero-order valence-corrected chi connectivity index (χ0v) is 13.3. The average molecular weight is 313 g/mol. The fraction of sp³-hybridized carbons (Fsp3) is 0.278. The van der Waals surface area contributed by atoms with Crippen LogP contribution in [0, 0.1) is 6.92 Å². The van der Waals surface area contributed by atoms with Gasteiger partial charge in [-0.15, -0.1) is 0 Å². The summed E-state index contributed by atoms with van der Waals surface area (Å²) in [7, 11) is 0. The maximum absolute atomic E-state index is 6.16. The molecule has 0 N–H and O–H groups in total. The van der Waals surface area contributed by atoms with Gasteiger partial charge in [-0.25, -0.2) is 0 Å². The molecule has 2 heterocycles. The van der Waals surface area contributed by atoms with Gasteiger partial charge in [0.05, 0.1) is 11.8 Å². The predicted molar refractivity (Wildman–Crippen MR) is 88.5 cm³/mol. The molecule has 22 heavy (non-hydrogen) atoms. The summed E-state index contributed by atoms with van der Waals surface area (Å²) in [5.41, 5.74) is 4.66. The summed E-state index contributed by atoms with van der Waals surface area (Å²) in [6.45, 7) is 4.13. The van der Waals surface area contributed by atoms with E-state index in [0.29, 0.717) is 0 Å². The topological polar surface area (TPSA) is 24.8 Å². The first-order chi connectivity index (χ1) is 10.6. The number of hydrogen-bond acceptors (Lipinski definition) is 3. The van der Waals surface area contributed by atoms with Gasteiger partial charge in [0.2, 0.25) is 0 Å². The fourth-order valence-electron chi connectivity index (χ4n) is 3.16. The quantitative estimate of drug-likeness (QED) is 0.772.